The Morgan fingerprint density at radius 3 is 2.85 bits per heavy atom. The van der Waals surface area contributed by atoms with Crippen LogP contribution in [0.2, 0.25) is 0 Å². The Labute approximate surface area is 93.0 Å². The Balaban J connectivity index is 2.56. The van der Waals surface area contributed by atoms with Crippen molar-refractivity contribution in [2.75, 3.05) is 13.1 Å². The van der Waals surface area contributed by atoms with Gasteiger partial charge in [0.25, 0.3) is 0 Å². The number of aromatic nitrogens is 2. The average Bonchev–Trinajstić information content (AvgIpc) is 2.54. The SMILES string of the molecule is CCNCC(CC)n1cc(I)cn1. The fraction of sp³-hybridized carbons (Fsp3) is 0.667. The summed E-state index contributed by atoms with van der Waals surface area (Å²) in [6.07, 6.45) is 5.10. The second-order valence-electron chi connectivity index (χ2n) is 3.01. The van der Waals surface area contributed by atoms with Crippen LogP contribution in [0.25, 0.3) is 0 Å². The summed E-state index contributed by atoms with van der Waals surface area (Å²) in [6, 6.07) is 0.489. The summed E-state index contributed by atoms with van der Waals surface area (Å²) < 4.78 is 3.25. The quantitative estimate of drug-likeness (QED) is 0.842. The Kier molecular flexibility index (Phi) is 4.72. The smallest absolute Gasteiger partial charge is 0.0641 e. The normalized spacial score (nSPS) is 13.2. The third-order valence-corrected chi connectivity index (χ3v) is 2.60. The van der Waals surface area contributed by atoms with E-state index < -0.39 is 0 Å². The fourth-order valence-electron chi connectivity index (χ4n) is 1.25. The van der Waals surface area contributed by atoms with E-state index in [1.165, 1.54) is 3.57 Å². The van der Waals surface area contributed by atoms with Crippen molar-refractivity contribution in [1.29, 1.82) is 0 Å². The lowest BCUT2D eigenvalue weighted by atomic mass is 10.2. The van der Waals surface area contributed by atoms with Crippen molar-refractivity contribution in [3.8, 4) is 0 Å². The van der Waals surface area contributed by atoms with Gasteiger partial charge in [0.15, 0.2) is 0 Å². The number of likely N-dealkylation sites (N-methyl/N-ethyl adjacent to an activating group) is 1. The average molecular weight is 293 g/mol. The van der Waals surface area contributed by atoms with Crippen molar-refractivity contribution in [2.45, 2.75) is 26.3 Å². The molecule has 0 saturated carbocycles. The molecule has 74 valence electrons. The Bertz CT molecular complexity index is 247. The molecule has 0 radical (unpaired) electrons. The fourth-order valence-corrected chi connectivity index (χ4v) is 1.66. The topological polar surface area (TPSA) is 29.9 Å². The third-order valence-electron chi connectivity index (χ3n) is 2.05. The molecule has 0 fully saturated rings. The van der Waals surface area contributed by atoms with E-state index >= 15 is 0 Å². The molecule has 1 rings (SSSR count). The van der Waals surface area contributed by atoms with Gasteiger partial charge in [0.2, 0.25) is 0 Å². The lowest BCUT2D eigenvalue weighted by molar-refractivity contribution is 0.416. The van der Waals surface area contributed by atoms with E-state index in [0.717, 1.165) is 19.5 Å². The van der Waals surface area contributed by atoms with Gasteiger partial charge >= 0.3 is 0 Å². The van der Waals surface area contributed by atoms with E-state index in [-0.39, 0.29) is 0 Å². The molecule has 1 aromatic heterocycles. The summed E-state index contributed by atoms with van der Waals surface area (Å²) in [6.45, 7) is 6.34. The van der Waals surface area contributed by atoms with Crippen LogP contribution >= 0.6 is 22.6 Å². The molecular weight excluding hydrogens is 277 g/mol. The van der Waals surface area contributed by atoms with Crippen LogP contribution in [0.3, 0.4) is 0 Å². The minimum atomic E-state index is 0.489. The second-order valence-corrected chi connectivity index (χ2v) is 4.25. The highest BCUT2D eigenvalue weighted by Crippen LogP contribution is 2.11. The first-order valence-electron chi connectivity index (χ1n) is 4.68. The Morgan fingerprint density at radius 1 is 1.62 bits per heavy atom. The highest BCUT2D eigenvalue weighted by atomic mass is 127. The van der Waals surface area contributed by atoms with Crippen LogP contribution in [0.4, 0.5) is 0 Å². The number of hydrogen-bond acceptors (Lipinski definition) is 2. The van der Waals surface area contributed by atoms with Crippen LogP contribution in [0.1, 0.15) is 26.3 Å². The molecule has 1 N–H and O–H groups in total. The molecule has 0 bridgehead atoms. The van der Waals surface area contributed by atoms with Crippen LogP contribution in [0.5, 0.6) is 0 Å². The van der Waals surface area contributed by atoms with E-state index in [1.54, 1.807) is 0 Å². The van der Waals surface area contributed by atoms with Gasteiger partial charge in [-0.05, 0) is 35.6 Å². The molecule has 0 spiro atoms. The molecule has 4 heteroatoms. The molecule has 0 saturated heterocycles. The van der Waals surface area contributed by atoms with Gasteiger partial charge in [0.1, 0.15) is 0 Å². The van der Waals surface area contributed by atoms with E-state index in [4.69, 9.17) is 0 Å². The predicted octanol–water partition coefficient (Wildman–Crippen LogP) is 2.05. The number of nitrogens with one attached hydrogen (secondary N) is 1. The van der Waals surface area contributed by atoms with Crippen molar-refractivity contribution < 1.29 is 0 Å². The molecule has 0 aliphatic rings. The molecule has 0 amide bonds. The van der Waals surface area contributed by atoms with Crippen molar-refractivity contribution in [2.24, 2.45) is 0 Å². The van der Waals surface area contributed by atoms with Gasteiger partial charge in [-0.1, -0.05) is 13.8 Å². The third kappa shape index (κ3) is 3.27. The standard InChI is InChI=1S/C9H16IN3/c1-3-9(6-11-4-2)13-7-8(10)5-12-13/h5,7,9,11H,3-4,6H2,1-2H3. The van der Waals surface area contributed by atoms with Gasteiger partial charge in [-0.15, -0.1) is 0 Å². The van der Waals surface area contributed by atoms with E-state index in [1.807, 2.05) is 10.9 Å². The predicted molar refractivity (Wildman–Crippen MR) is 62.8 cm³/mol. The van der Waals surface area contributed by atoms with E-state index in [9.17, 15) is 0 Å². The highest BCUT2D eigenvalue weighted by Gasteiger charge is 2.08. The highest BCUT2D eigenvalue weighted by molar-refractivity contribution is 14.1. The first kappa shape index (κ1) is 11.0. The van der Waals surface area contributed by atoms with Crippen LogP contribution in [-0.2, 0) is 0 Å². The second kappa shape index (κ2) is 5.59. The van der Waals surface area contributed by atoms with Gasteiger partial charge < -0.3 is 5.32 Å². The Hall–Kier alpha value is -0.100. The van der Waals surface area contributed by atoms with Gasteiger partial charge in [0.05, 0.1) is 15.8 Å². The van der Waals surface area contributed by atoms with Crippen molar-refractivity contribution in [1.82, 2.24) is 15.1 Å². The monoisotopic (exact) mass is 293 g/mol. The van der Waals surface area contributed by atoms with Crippen molar-refractivity contribution in [3.63, 3.8) is 0 Å². The van der Waals surface area contributed by atoms with Crippen molar-refractivity contribution in [3.05, 3.63) is 16.0 Å². The first-order valence-corrected chi connectivity index (χ1v) is 5.76. The van der Waals surface area contributed by atoms with Crippen LogP contribution < -0.4 is 5.32 Å². The maximum absolute atomic E-state index is 4.31. The Morgan fingerprint density at radius 2 is 2.38 bits per heavy atom. The summed E-state index contributed by atoms with van der Waals surface area (Å²) in [5.74, 6) is 0. The molecule has 3 nitrogen and oxygen atoms in total. The van der Waals surface area contributed by atoms with Gasteiger partial charge in [-0.2, -0.15) is 5.10 Å². The molecule has 0 aliphatic carbocycles. The van der Waals surface area contributed by atoms with Gasteiger partial charge in [-0.25, -0.2) is 0 Å². The first-order chi connectivity index (χ1) is 6.27. The van der Waals surface area contributed by atoms with E-state index in [0.29, 0.717) is 6.04 Å². The van der Waals surface area contributed by atoms with Gasteiger partial charge in [0, 0.05) is 12.7 Å². The molecule has 13 heavy (non-hydrogen) atoms. The zero-order valence-electron chi connectivity index (χ0n) is 8.13. The molecule has 1 aromatic rings. The minimum Gasteiger partial charge on any atom is -0.315 e. The molecule has 1 unspecified atom stereocenters. The maximum Gasteiger partial charge on any atom is 0.0641 e. The van der Waals surface area contributed by atoms with Gasteiger partial charge in [-0.3, -0.25) is 4.68 Å². The summed E-state index contributed by atoms with van der Waals surface area (Å²) in [5.41, 5.74) is 0. The van der Waals surface area contributed by atoms with Crippen LogP contribution in [0, 0.1) is 3.57 Å². The summed E-state index contributed by atoms with van der Waals surface area (Å²) in [5, 5.41) is 7.65. The largest absolute Gasteiger partial charge is 0.315 e. The molecule has 0 aromatic carbocycles. The maximum atomic E-state index is 4.31. The summed E-state index contributed by atoms with van der Waals surface area (Å²) in [7, 11) is 0. The van der Waals surface area contributed by atoms with Crippen LogP contribution in [0.15, 0.2) is 12.4 Å². The lowest BCUT2D eigenvalue weighted by Crippen LogP contribution is -2.25. The lowest BCUT2D eigenvalue weighted by Gasteiger charge is -2.15. The zero-order valence-corrected chi connectivity index (χ0v) is 10.3. The van der Waals surface area contributed by atoms with Crippen LogP contribution in [-0.4, -0.2) is 22.9 Å². The summed E-state index contributed by atoms with van der Waals surface area (Å²) in [4.78, 5) is 0. The molecule has 0 aliphatic heterocycles. The number of rotatable bonds is 5. The minimum absolute atomic E-state index is 0.489. The summed E-state index contributed by atoms with van der Waals surface area (Å²) >= 11 is 2.28. The van der Waals surface area contributed by atoms with E-state index in [2.05, 4.69) is 53.1 Å². The number of halogens is 1. The zero-order chi connectivity index (χ0) is 9.68. The molecule has 1 heterocycles. The molecule has 1 atom stereocenters. The number of nitrogens with zero attached hydrogens (tertiary/aromatic N) is 2. The molecular formula is C9H16IN3. The number of hydrogen-bond donors (Lipinski definition) is 1. The van der Waals surface area contributed by atoms with Crippen molar-refractivity contribution >= 4 is 22.6 Å².